The van der Waals surface area contributed by atoms with Gasteiger partial charge in [-0.1, -0.05) is 6.07 Å². The molecule has 3 aromatic rings. The van der Waals surface area contributed by atoms with Crippen LogP contribution in [0, 0.1) is 0 Å². The Bertz CT molecular complexity index is 892. The van der Waals surface area contributed by atoms with Crippen molar-refractivity contribution in [2.75, 3.05) is 12.4 Å². The Kier molecular flexibility index (Phi) is 4.35. The number of rotatable bonds is 5. The summed E-state index contributed by atoms with van der Waals surface area (Å²) in [4.78, 5) is 15.5. The third-order valence-electron chi connectivity index (χ3n) is 3.34. The van der Waals surface area contributed by atoms with Crippen molar-refractivity contribution in [3.8, 4) is 22.8 Å². The highest BCUT2D eigenvalue weighted by atomic mass is 32.1. The van der Waals surface area contributed by atoms with E-state index in [0.29, 0.717) is 16.6 Å². The number of methoxy groups -OCH3 is 1. The summed E-state index contributed by atoms with van der Waals surface area (Å²) in [7, 11) is 1.49. The second-order valence-electron chi connectivity index (χ2n) is 4.94. The molecule has 122 valence electrons. The van der Waals surface area contributed by atoms with Crippen LogP contribution < -0.4 is 10.1 Å². The van der Waals surface area contributed by atoms with Gasteiger partial charge in [-0.05, 0) is 36.4 Å². The number of aromatic nitrogens is 1. The van der Waals surface area contributed by atoms with Gasteiger partial charge in [-0.3, -0.25) is 0 Å². The number of benzene rings is 2. The smallest absolute Gasteiger partial charge is 0.335 e. The molecule has 0 aliphatic heterocycles. The average Bonchev–Trinajstić information content (AvgIpc) is 3.04. The highest BCUT2D eigenvalue weighted by Gasteiger charge is 2.09. The number of hydrogen-bond acceptors (Lipinski definition) is 6. The van der Waals surface area contributed by atoms with E-state index in [0.717, 1.165) is 11.3 Å². The maximum absolute atomic E-state index is 11.0. The number of anilines is 2. The van der Waals surface area contributed by atoms with Crippen molar-refractivity contribution in [1.29, 1.82) is 0 Å². The van der Waals surface area contributed by atoms with Gasteiger partial charge >= 0.3 is 5.97 Å². The Hall–Kier alpha value is -3.06. The van der Waals surface area contributed by atoms with E-state index in [1.165, 1.54) is 24.5 Å². The quantitative estimate of drug-likeness (QED) is 0.650. The predicted molar refractivity (Wildman–Crippen MR) is 92.5 cm³/mol. The molecular formula is C17H14N2O4S. The van der Waals surface area contributed by atoms with Crippen LogP contribution in [0.15, 0.2) is 47.8 Å². The molecular weight excluding hydrogens is 328 g/mol. The fraction of sp³-hybridized carbons (Fsp3) is 0.0588. The van der Waals surface area contributed by atoms with Gasteiger partial charge < -0.3 is 20.3 Å². The molecule has 0 spiro atoms. The third-order valence-corrected chi connectivity index (χ3v) is 4.10. The number of phenols is 1. The zero-order chi connectivity index (χ0) is 17.1. The lowest BCUT2D eigenvalue weighted by atomic mass is 10.1. The van der Waals surface area contributed by atoms with Crippen LogP contribution in [0.2, 0.25) is 0 Å². The molecule has 3 N–H and O–H groups in total. The topological polar surface area (TPSA) is 91.7 Å². The molecule has 24 heavy (non-hydrogen) atoms. The normalized spacial score (nSPS) is 10.4. The molecule has 1 aromatic heterocycles. The molecule has 0 aliphatic rings. The summed E-state index contributed by atoms with van der Waals surface area (Å²) >= 11 is 1.40. The minimum atomic E-state index is -0.977. The molecule has 0 fully saturated rings. The monoisotopic (exact) mass is 342 g/mol. The van der Waals surface area contributed by atoms with Crippen LogP contribution in [0.4, 0.5) is 10.8 Å². The van der Waals surface area contributed by atoms with E-state index >= 15 is 0 Å². The zero-order valence-electron chi connectivity index (χ0n) is 12.7. The van der Waals surface area contributed by atoms with Crippen molar-refractivity contribution in [1.82, 2.24) is 4.98 Å². The van der Waals surface area contributed by atoms with Crippen LogP contribution in [0.3, 0.4) is 0 Å². The number of ether oxygens (including phenoxy) is 1. The molecule has 2 aromatic carbocycles. The van der Waals surface area contributed by atoms with Crippen LogP contribution in [-0.2, 0) is 0 Å². The molecule has 0 amide bonds. The molecule has 3 rings (SSSR count). The first kappa shape index (κ1) is 15.8. The zero-order valence-corrected chi connectivity index (χ0v) is 13.5. The number of carboxylic acid groups (broad SMARTS) is 1. The van der Waals surface area contributed by atoms with Crippen LogP contribution in [0.5, 0.6) is 11.5 Å². The highest BCUT2D eigenvalue weighted by Crippen LogP contribution is 2.33. The van der Waals surface area contributed by atoms with E-state index in [9.17, 15) is 9.90 Å². The SMILES string of the molecule is COc1cc(-c2csc(Nc3cccc(C(=O)O)c3)n2)ccc1O. The Balaban J connectivity index is 1.83. The van der Waals surface area contributed by atoms with Crippen LogP contribution >= 0.6 is 11.3 Å². The number of aromatic hydroxyl groups is 1. The average molecular weight is 342 g/mol. The molecule has 7 heteroatoms. The maximum atomic E-state index is 11.0. The maximum Gasteiger partial charge on any atom is 0.335 e. The molecule has 0 unspecified atom stereocenters. The highest BCUT2D eigenvalue weighted by molar-refractivity contribution is 7.14. The summed E-state index contributed by atoms with van der Waals surface area (Å²) in [5.41, 5.74) is 2.41. The number of carbonyl (C=O) groups is 1. The van der Waals surface area contributed by atoms with Gasteiger partial charge in [0.25, 0.3) is 0 Å². The lowest BCUT2D eigenvalue weighted by Crippen LogP contribution is -1.97. The van der Waals surface area contributed by atoms with Gasteiger partial charge in [-0.15, -0.1) is 11.3 Å². The largest absolute Gasteiger partial charge is 0.504 e. The fourth-order valence-electron chi connectivity index (χ4n) is 2.15. The number of phenolic OH excluding ortho intramolecular Hbond substituents is 1. The van der Waals surface area contributed by atoms with Crippen molar-refractivity contribution in [3.05, 3.63) is 53.4 Å². The summed E-state index contributed by atoms with van der Waals surface area (Å²) in [6.07, 6.45) is 0. The van der Waals surface area contributed by atoms with Gasteiger partial charge in [0.05, 0.1) is 18.4 Å². The summed E-state index contributed by atoms with van der Waals surface area (Å²) in [5.74, 6) is -0.529. The number of nitrogens with zero attached hydrogens (tertiary/aromatic N) is 1. The molecule has 0 saturated heterocycles. The van der Waals surface area contributed by atoms with E-state index in [1.807, 2.05) is 5.38 Å². The Labute approximate surface area is 142 Å². The molecule has 0 radical (unpaired) electrons. The van der Waals surface area contributed by atoms with Crippen molar-refractivity contribution in [3.63, 3.8) is 0 Å². The van der Waals surface area contributed by atoms with E-state index in [-0.39, 0.29) is 11.3 Å². The van der Waals surface area contributed by atoms with E-state index in [4.69, 9.17) is 9.84 Å². The number of nitrogens with one attached hydrogen (secondary N) is 1. The van der Waals surface area contributed by atoms with Gasteiger partial charge in [-0.25, -0.2) is 9.78 Å². The summed E-state index contributed by atoms with van der Waals surface area (Å²) in [6.45, 7) is 0. The van der Waals surface area contributed by atoms with Gasteiger partial charge in [0, 0.05) is 16.6 Å². The van der Waals surface area contributed by atoms with Crippen LogP contribution in [0.25, 0.3) is 11.3 Å². The summed E-state index contributed by atoms with van der Waals surface area (Å²) in [5, 5.41) is 24.3. The molecule has 0 saturated carbocycles. The first-order valence-electron chi connectivity index (χ1n) is 7.00. The standard InChI is InChI=1S/C17H14N2O4S/c1-23-15-8-10(5-6-14(15)20)13-9-24-17(19-13)18-12-4-2-3-11(7-12)16(21)22/h2-9,20H,1H3,(H,18,19)(H,21,22). The first-order valence-corrected chi connectivity index (χ1v) is 7.88. The molecule has 0 aliphatic carbocycles. The Morgan fingerprint density at radius 2 is 2.08 bits per heavy atom. The molecule has 0 atom stereocenters. The Morgan fingerprint density at radius 3 is 2.83 bits per heavy atom. The van der Waals surface area contributed by atoms with Gasteiger partial charge in [0.2, 0.25) is 0 Å². The Morgan fingerprint density at radius 1 is 1.25 bits per heavy atom. The van der Waals surface area contributed by atoms with Crippen molar-refractivity contribution in [2.24, 2.45) is 0 Å². The number of carboxylic acids is 1. The third kappa shape index (κ3) is 3.31. The van der Waals surface area contributed by atoms with Gasteiger partial charge in [0.15, 0.2) is 16.6 Å². The minimum absolute atomic E-state index is 0.0697. The lowest BCUT2D eigenvalue weighted by molar-refractivity contribution is 0.0697. The van der Waals surface area contributed by atoms with Gasteiger partial charge in [0.1, 0.15) is 0 Å². The molecule has 1 heterocycles. The van der Waals surface area contributed by atoms with E-state index < -0.39 is 5.97 Å². The van der Waals surface area contributed by atoms with E-state index in [1.54, 1.807) is 36.4 Å². The van der Waals surface area contributed by atoms with E-state index in [2.05, 4.69) is 10.3 Å². The number of aromatic carboxylic acids is 1. The summed E-state index contributed by atoms with van der Waals surface area (Å²) in [6, 6.07) is 11.5. The lowest BCUT2D eigenvalue weighted by Gasteiger charge is -2.05. The predicted octanol–water partition coefficient (Wildman–Crippen LogP) is 3.97. The van der Waals surface area contributed by atoms with Crippen molar-refractivity contribution < 1.29 is 19.7 Å². The minimum Gasteiger partial charge on any atom is -0.504 e. The molecule has 0 bridgehead atoms. The second-order valence-corrected chi connectivity index (χ2v) is 5.79. The summed E-state index contributed by atoms with van der Waals surface area (Å²) < 4.78 is 5.10. The second kappa shape index (κ2) is 6.59. The van der Waals surface area contributed by atoms with Crippen molar-refractivity contribution >= 4 is 28.1 Å². The molecule has 6 nitrogen and oxygen atoms in total. The first-order chi connectivity index (χ1) is 11.6. The number of thiazole rings is 1. The van der Waals surface area contributed by atoms with Crippen LogP contribution in [-0.4, -0.2) is 28.3 Å². The van der Waals surface area contributed by atoms with Gasteiger partial charge in [-0.2, -0.15) is 0 Å². The van der Waals surface area contributed by atoms with Crippen molar-refractivity contribution in [2.45, 2.75) is 0 Å². The number of hydrogen-bond donors (Lipinski definition) is 3. The van der Waals surface area contributed by atoms with Crippen LogP contribution in [0.1, 0.15) is 10.4 Å². The fourth-order valence-corrected chi connectivity index (χ4v) is 2.89.